The number of unbranched alkanes of at least 4 members (excludes halogenated alkanes) is 1. The Hall–Kier alpha value is -3.30. The van der Waals surface area contributed by atoms with E-state index in [0.29, 0.717) is 11.7 Å². The van der Waals surface area contributed by atoms with Gasteiger partial charge in [0.25, 0.3) is 0 Å². The molecule has 1 aromatic heterocycles. The Morgan fingerprint density at radius 1 is 1.22 bits per heavy atom. The van der Waals surface area contributed by atoms with E-state index in [2.05, 4.69) is 28.1 Å². The number of likely N-dealkylation sites (tertiary alicyclic amines) is 1. The van der Waals surface area contributed by atoms with Gasteiger partial charge in [0.05, 0.1) is 11.6 Å². The molecule has 1 atom stereocenters. The number of aromatic amines is 1. The van der Waals surface area contributed by atoms with Crippen molar-refractivity contribution in [3.8, 4) is 11.8 Å². The van der Waals surface area contributed by atoms with Gasteiger partial charge in [-0.3, -0.25) is 0 Å². The molecule has 0 bridgehead atoms. The third kappa shape index (κ3) is 5.68. The lowest BCUT2D eigenvalue weighted by molar-refractivity contribution is 0.144. The second kappa shape index (κ2) is 10.3. The maximum absolute atomic E-state index is 10.8. The minimum Gasteiger partial charge on any atom is -0.449 e. The number of aromatic nitrogens is 1. The Balaban J connectivity index is 1.24. The van der Waals surface area contributed by atoms with Gasteiger partial charge in [0, 0.05) is 23.6 Å². The number of aryl methyl sites for hydroxylation is 1. The maximum atomic E-state index is 10.8. The molecule has 1 aliphatic heterocycles. The molecule has 0 aliphatic carbocycles. The predicted octanol–water partition coefficient (Wildman–Crippen LogP) is 5.37. The van der Waals surface area contributed by atoms with Gasteiger partial charge in [-0.05, 0) is 99.0 Å². The summed E-state index contributed by atoms with van der Waals surface area (Å²) in [7, 11) is 0. The Morgan fingerprint density at radius 2 is 2.06 bits per heavy atom. The van der Waals surface area contributed by atoms with Crippen LogP contribution in [0.3, 0.4) is 0 Å². The van der Waals surface area contributed by atoms with Gasteiger partial charge in [-0.25, -0.2) is 4.79 Å². The molecule has 0 radical (unpaired) electrons. The van der Waals surface area contributed by atoms with Crippen LogP contribution in [0.2, 0.25) is 0 Å². The first kappa shape index (κ1) is 21.9. The summed E-state index contributed by atoms with van der Waals surface area (Å²) < 4.78 is 4.80. The van der Waals surface area contributed by atoms with E-state index in [0.717, 1.165) is 55.2 Å². The number of hydrogen-bond donors (Lipinski definition) is 2. The van der Waals surface area contributed by atoms with Crippen LogP contribution >= 0.6 is 0 Å². The molecule has 6 nitrogen and oxygen atoms in total. The number of piperidine rings is 1. The molecule has 1 saturated heterocycles. The zero-order valence-corrected chi connectivity index (χ0v) is 18.2. The lowest BCUT2D eigenvalue weighted by Crippen LogP contribution is -2.36. The summed E-state index contributed by atoms with van der Waals surface area (Å²) in [5.74, 6) is 1.03. The average Bonchev–Trinajstić information content (AvgIpc) is 3.19. The Morgan fingerprint density at radius 3 is 2.84 bits per heavy atom. The third-order valence-electron chi connectivity index (χ3n) is 6.33. The standard InChI is InChI=1S/C26H29N3O3/c27-16-20-8-6-19(7-9-20)14-21-4-3-13-29(18-21)12-2-1-5-22-17-28-25-11-10-23(15-24(22)25)32-26(30)31/h6-11,15,17,21,28H,1-5,12-14,18H2,(H,30,31). The molecule has 0 saturated carbocycles. The normalized spacial score (nSPS) is 16.7. The molecular formula is C26H29N3O3. The molecular weight excluding hydrogens is 402 g/mol. The van der Waals surface area contributed by atoms with Crippen molar-refractivity contribution in [2.24, 2.45) is 5.92 Å². The van der Waals surface area contributed by atoms with E-state index in [1.807, 2.05) is 24.4 Å². The first-order valence-electron chi connectivity index (χ1n) is 11.3. The number of rotatable bonds is 8. The van der Waals surface area contributed by atoms with Gasteiger partial charge in [0.2, 0.25) is 0 Å². The van der Waals surface area contributed by atoms with Gasteiger partial charge < -0.3 is 19.7 Å². The molecule has 3 aromatic rings. The number of carbonyl (C=O) groups is 1. The fourth-order valence-corrected chi connectivity index (χ4v) is 4.75. The summed E-state index contributed by atoms with van der Waals surface area (Å²) in [6.45, 7) is 3.43. The highest BCUT2D eigenvalue weighted by Crippen LogP contribution is 2.26. The van der Waals surface area contributed by atoms with Crippen LogP contribution in [0.5, 0.6) is 5.75 Å². The van der Waals surface area contributed by atoms with Crippen molar-refractivity contribution < 1.29 is 14.6 Å². The second-order valence-electron chi connectivity index (χ2n) is 8.67. The largest absolute Gasteiger partial charge is 0.511 e. The van der Waals surface area contributed by atoms with Crippen LogP contribution in [-0.2, 0) is 12.8 Å². The number of fused-ring (bicyclic) bond motifs is 1. The van der Waals surface area contributed by atoms with Crippen molar-refractivity contribution in [3.05, 3.63) is 65.4 Å². The van der Waals surface area contributed by atoms with Gasteiger partial charge in [-0.15, -0.1) is 0 Å². The Kier molecular flexibility index (Phi) is 7.08. The molecule has 32 heavy (non-hydrogen) atoms. The first-order valence-corrected chi connectivity index (χ1v) is 11.3. The molecule has 1 aliphatic rings. The highest BCUT2D eigenvalue weighted by Gasteiger charge is 2.20. The minimum absolute atomic E-state index is 0.354. The number of benzene rings is 2. The Labute approximate surface area is 188 Å². The number of ether oxygens (including phenoxy) is 1. The van der Waals surface area contributed by atoms with E-state index < -0.39 is 6.16 Å². The Bertz CT molecular complexity index is 1100. The van der Waals surface area contributed by atoms with E-state index in [4.69, 9.17) is 15.1 Å². The summed E-state index contributed by atoms with van der Waals surface area (Å²) in [5.41, 5.74) is 4.24. The van der Waals surface area contributed by atoms with Crippen LogP contribution in [0.1, 0.15) is 42.4 Å². The summed E-state index contributed by atoms with van der Waals surface area (Å²) in [6, 6.07) is 15.5. The molecule has 2 N–H and O–H groups in total. The molecule has 166 valence electrons. The SMILES string of the molecule is N#Cc1ccc(CC2CCCN(CCCCc3c[nH]c4ccc(OC(=O)O)cc34)C2)cc1. The van der Waals surface area contributed by atoms with Crippen molar-refractivity contribution in [1.29, 1.82) is 5.26 Å². The molecule has 4 rings (SSSR count). The average molecular weight is 432 g/mol. The lowest BCUT2D eigenvalue weighted by atomic mass is 9.91. The van der Waals surface area contributed by atoms with Crippen LogP contribution in [0.4, 0.5) is 4.79 Å². The van der Waals surface area contributed by atoms with Gasteiger partial charge >= 0.3 is 6.16 Å². The number of carboxylic acid groups (broad SMARTS) is 1. The monoisotopic (exact) mass is 431 g/mol. The van der Waals surface area contributed by atoms with Crippen molar-refractivity contribution in [2.75, 3.05) is 19.6 Å². The smallest absolute Gasteiger partial charge is 0.449 e. The van der Waals surface area contributed by atoms with Crippen molar-refractivity contribution in [3.63, 3.8) is 0 Å². The fraction of sp³-hybridized carbons (Fsp3) is 0.385. The number of nitrogens with one attached hydrogen (secondary N) is 1. The zero-order chi connectivity index (χ0) is 22.3. The third-order valence-corrected chi connectivity index (χ3v) is 6.33. The molecule has 6 heteroatoms. The molecule has 2 aromatic carbocycles. The summed E-state index contributed by atoms with van der Waals surface area (Å²) in [6.07, 6.45) is 7.51. The second-order valence-corrected chi connectivity index (χ2v) is 8.67. The van der Waals surface area contributed by atoms with Gasteiger partial charge in [0.15, 0.2) is 0 Å². The number of hydrogen-bond acceptors (Lipinski definition) is 4. The fourth-order valence-electron chi connectivity index (χ4n) is 4.75. The number of nitrogens with zero attached hydrogens (tertiary/aromatic N) is 2. The highest BCUT2D eigenvalue weighted by molar-refractivity contribution is 5.85. The van der Waals surface area contributed by atoms with Crippen LogP contribution < -0.4 is 4.74 Å². The van der Waals surface area contributed by atoms with E-state index in [1.165, 1.54) is 30.5 Å². The topological polar surface area (TPSA) is 89.4 Å². The molecule has 1 fully saturated rings. The van der Waals surface area contributed by atoms with Crippen molar-refractivity contribution in [1.82, 2.24) is 9.88 Å². The van der Waals surface area contributed by atoms with Crippen molar-refractivity contribution >= 4 is 17.1 Å². The van der Waals surface area contributed by atoms with E-state index in [-0.39, 0.29) is 0 Å². The predicted molar refractivity (Wildman–Crippen MR) is 124 cm³/mol. The van der Waals surface area contributed by atoms with Gasteiger partial charge in [-0.1, -0.05) is 12.1 Å². The number of nitriles is 1. The van der Waals surface area contributed by atoms with Crippen molar-refractivity contribution in [2.45, 2.75) is 38.5 Å². The molecule has 2 heterocycles. The maximum Gasteiger partial charge on any atom is 0.511 e. The highest BCUT2D eigenvalue weighted by atomic mass is 16.7. The molecule has 0 amide bonds. The minimum atomic E-state index is -1.29. The summed E-state index contributed by atoms with van der Waals surface area (Å²) in [4.78, 5) is 16.6. The number of H-pyrrole nitrogens is 1. The summed E-state index contributed by atoms with van der Waals surface area (Å²) in [5, 5.41) is 18.8. The van der Waals surface area contributed by atoms with Crippen LogP contribution in [0, 0.1) is 17.2 Å². The van der Waals surface area contributed by atoms with E-state index in [9.17, 15) is 4.79 Å². The van der Waals surface area contributed by atoms with Crippen LogP contribution in [0.15, 0.2) is 48.7 Å². The van der Waals surface area contributed by atoms with E-state index >= 15 is 0 Å². The van der Waals surface area contributed by atoms with Crippen LogP contribution in [0.25, 0.3) is 10.9 Å². The lowest BCUT2D eigenvalue weighted by Gasteiger charge is -2.32. The molecule has 0 spiro atoms. The summed E-state index contributed by atoms with van der Waals surface area (Å²) >= 11 is 0. The van der Waals surface area contributed by atoms with Gasteiger partial charge in [0.1, 0.15) is 5.75 Å². The van der Waals surface area contributed by atoms with E-state index in [1.54, 1.807) is 12.1 Å². The quantitative estimate of drug-likeness (QED) is 0.284. The van der Waals surface area contributed by atoms with Crippen LogP contribution in [-0.4, -0.2) is 40.8 Å². The zero-order valence-electron chi connectivity index (χ0n) is 18.2. The first-order chi connectivity index (χ1) is 15.6. The van der Waals surface area contributed by atoms with Gasteiger partial charge in [-0.2, -0.15) is 5.26 Å². The molecule has 1 unspecified atom stereocenters.